The number of rotatable bonds is 4. The van der Waals surface area contributed by atoms with Crippen LogP contribution < -0.4 is 5.56 Å². The molecule has 0 atom stereocenters. The molecule has 0 aliphatic heterocycles. The molecule has 0 saturated heterocycles. The fourth-order valence-corrected chi connectivity index (χ4v) is 4.66. The van der Waals surface area contributed by atoms with Crippen molar-refractivity contribution in [2.75, 3.05) is 0 Å². The van der Waals surface area contributed by atoms with Gasteiger partial charge in [0.25, 0.3) is 5.56 Å². The first-order chi connectivity index (χ1) is 18.6. The molecule has 0 radical (unpaired) electrons. The highest BCUT2D eigenvalue weighted by Gasteiger charge is 2.34. The van der Waals surface area contributed by atoms with Crippen molar-refractivity contribution in [3.05, 3.63) is 105 Å². The van der Waals surface area contributed by atoms with Gasteiger partial charge in [-0.2, -0.15) is 18.3 Å². The van der Waals surface area contributed by atoms with Crippen molar-refractivity contribution in [2.24, 2.45) is 0 Å². The van der Waals surface area contributed by atoms with E-state index in [1.54, 1.807) is 18.2 Å². The molecule has 10 heteroatoms. The first-order valence-electron chi connectivity index (χ1n) is 12.8. The Morgan fingerprint density at radius 2 is 1.69 bits per heavy atom. The maximum absolute atomic E-state index is 13.4. The summed E-state index contributed by atoms with van der Waals surface area (Å²) in [6.45, 7) is 3.31. The van der Waals surface area contributed by atoms with Crippen LogP contribution >= 0.6 is 0 Å². The third-order valence-corrected chi connectivity index (χ3v) is 6.59. The average Bonchev–Trinajstić information content (AvgIpc) is 2.90. The summed E-state index contributed by atoms with van der Waals surface area (Å²) in [7, 11) is 0. The van der Waals surface area contributed by atoms with E-state index in [9.17, 15) is 22.4 Å². The van der Waals surface area contributed by atoms with Crippen molar-refractivity contribution in [1.82, 2.24) is 24.7 Å². The number of hydrogen-bond donors (Lipinski definition) is 0. The molecule has 1 aliphatic rings. The zero-order valence-electron chi connectivity index (χ0n) is 21.7. The Morgan fingerprint density at radius 3 is 2.33 bits per heavy atom. The van der Waals surface area contributed by atoms with E-state index >= 15 is 0 Å². The molecule has 3 aromatic heterocycles. The summed E-state index contributed by atoms with van der Waals surface area (Å²) >= 11 is 0. The van der Waals surface area contributed by atoms with Crippen LogP contribution in [0, 0.1) is 19.7 Å². The lowest BCUT2D eigenvalue weighted by atomic mass is 9.84. The van der Waals surface area contributed by atoms with Crippen molar-refractivity contribution in [3.8, 4) is 11.4 Å². The van der Waals surface area contributed by atoms with Gasteiger partial charge >= 0.3 is 6.18 Å². The minimum atomic E-state index is -4.57. The summed E-state index contributed by atoms with van der Waals surface area (Å²) in [5, 5.41) is 4.36. The monoisotopic (exact) mass is 539 g/mol. The Labute approximate surface area is 223 Å². The fraction of sp³-hybridized carbons (Fsp3) is 0.345. The highest BCUT2D eigenvalue weighted by molar-refractivity contribution is 5.54. The largest absolute Gasteiger partial charge is 0.418 e. The lowest BCUT2D eigenvalue weighted by Gasteiger charge is -2.22. The van der Waals surface area contributed by atoms with Crippen LogP contribution in [0.15, 0.2) is 65.8 Å². The molecule has 0 spiro atoms. The van der Waals surface area contributed by atoms with Crippen molar-refractivity contribution in [3.63, 3.8) is 0 Å². The van der Waals surface area contributed by atoms with Gasteiger partial charge in [0.2, 0.25) is 0 Å². The lowest BCUT2D eigenvalue weighted by Crippen LogP contribution is -2.30. The van der Waals surface area contributed by atoms with Crippen LogP contribution in [0.4, 0.5) is 17.6 Å². The first kappa shape index (κ1) is 28.1. The van der Waals surface area contributed by atoms with Gasteiger partial charge in [-0.15, -0.1) is 0 Å². The molecule has 1 saturated carbocycles. The van der Waals surface area contributed by atoms with Crippen molar-refractivity contribution in [1.29, 1.82) is 0 Å². The Bertz CT molecular complexity index is 1460. The highest BCUT2D eigenvalue weighted by atomic mass is 19.4. The van der Waals surface area contributed by atoms with Gasteiger partial charge in [-0.3, -0.25) is 9.78 Å². The number of aryl methyl sites for hydroxylation is 2. The van der Waals surface area contributed by atoms with Crippen LogP contribution in [0.3, 0.4) is 0 Å². The number of aromatic nitrogens is 5. The number of nitrogens with zero attached hydrogens (tertiary/aromatic N) is 5. The predicted molar refractivity (Wildman–Crippen MR) is 140 cm³/mol. The fourth-order valence-electron chi connectivity index (χ4n) is 4.66. The molecule has 4 aromatic rings. The molecular weight excluding hydrogens is 510 g/mol. The highest BCUT2D eigenvalue weighted by Crippen LogP contribution is 2.33. The van der Waals surface area contributed by atoms with E-state index in [4.69, 9.17) is 0 Å². The molecule has 204 valence electrons. The molecule has 0 amide bonds. The van der Waals surface area contributed by atoms with Gasteiger partial charge in [-0.05, 0) is 74.6 Å². The summed E-state index contributed by atoms with van der Waals surface area (Å²) in [6, 6.07) is 12.2. The molecule has 0 bridgehead atoms. The molecule has 39 heavy (non-hydrogen) atoms. The number of halogens is 4. The Kier molecular flexibility index (Phi) is 8.83. The number of benzene rings is 1. The molecule has 1 fully saturated rings. The van der Waals surface area contributed by atoms with E-state index in [2.05, 4.69) is 20.1 Å². The second-order valence-electron chi connectivity index (χ2n) is 9.62. The van der Waals surface area contributed by atoms with Gasteiger partial charge in [0.05, 0.1) is 23.5 Å². The third kappa shape index (κ3) is 7.34. The van der Waals surface area contributed by atoms with Crippen LogP contribution in [0.1, 0.15) is 66.1 Å². The minimum absolute atomic E-state index is 0.0583. The Hall–Kier alpha value is -3.95. The van der Waals surface area contributed by atoms with E-state index < -0.39 is 11.7 Å². The van der Waals surface area contributed by atoms with Crippen LogP contribution in [0.2, 0.25) is 0 Å². The van der Waals surface area contributed by atoms with Crippen LogP contribution in [0.5, 0.6) is 0 Å². The Balaban J connectivity index is 0.000000379. The molecule has 5 rings (SSSR count). The third-order valence-electron chi connectivity index (χ3n) is 6.59. The lowest BCUT2D eigenvalue weighted by molar-refractivity contribution is -0.138. The molecular formula is C29H29F4N5O. The normalized spacial score (nSPS) is 14.0. The van der Waals surface area contributed by atoms with E-state index in [1.165, 1.54) is 30.7 Å². The summed E-state index contributed by atoms with van der Waals surface area (Å²) in [5.74, 6) is -0.104. The van der Waals surface area contributed by atoms with E-state index in [1.807, 2.05) is 19.9 Å². The predicted octanol–water partition coefficient (Wildman–Crippen LogP) is 6.65. The summed E-state index contributed by atoms with van der Waals surface area (Å²) in [4.78, 5) is 25.5. The minimum Gasteiger partial charge on any atom is -0.267 e. The van der Waals surface area contributed by atoms with Crippen LogP contribution in [-0.4, -0.2) is 24.7 Å². The maximum atomic E-state index is 13.4. The average molecular weight is 540 g/mol. The molecule has 6 nitrogen and oxygen atoms in total. The number of pyridine rings is 1. The SMILES string of the molecule is Cc1cc(-c2cc(C3CCCCC3)c(=O)n(Cc3ncccc3C(F)(F)F)n2)ncn1.Cc1cccc(F)c1. The van der Waals surface area contributed by atoms with Crippen molar-refractivity contribution < 1.29 is 17.6 Å². The molecule has 0 N–H and O–H groups in total. The zero-order chi connectivity index (χ0) is 28.0. The van der Waals surface area contributed by atoms with Crippen molar-refractivity contribution in [2.45, 2.75) is 64.6 Å². The van der Waals surface area contributed by atoms with Gasteiger partial charge in [0.15, 0.2) is 0 Å². The van der Waals surface area contributed by atoms with Gasteiger partial charge < -0.3 is 0 Å². The summed E-state index contributed by atoms with van der Waals surface area (Å²) in [6.07, 6.45) is 3.03. The van der Waals surface area contributed by atoms with Crippen molar-refractivity contribution >= 4 is 0 Å². The topological polar surface area (TPSA) is 73.6 Å². The van der Waals surface area contributed by atoms with Gasteiger partial charge in [-0.25, -0.2) is 19.0 Å². The Morgan fingerprint density at radius 1 is 0.923 bits per heavy atom. The van der Waals surface area contributed by atoms with Gasteiger partial charge in [0, 0.05) is 17.5 Å². The van der Waals surface area contributed by atoms with E-state index in [-0.39, 0.29) is 29.5 Å². The quantitative estimate of drug-likeness (QED) is 0.272. The van der Waals surface area contributed by atoms with E-state index in [0.29, 0.717) is 17.0 Å². The van der Waals surface area contributed by atoms with Crippen LogP contribution in [0.25, 0.3) is 11.4 Å². The molecule has 0 unspecified atom stereocenters. The zero-order valence-corrected chi connectivity index (χ0v) is 21.7. The second kappa shape index (κ2) is 12.3. The van der Waals surface area contributed by atoms with Gasteiger partial charge in [-0.1, -0.05) is 31.4 Å². The van der Waals surface area contributed by atoms with Gasteiger partial charge in [0.1, 0.15) is 17.8 Å². The number of hydrogen-bond acceptors (Lipinski definition) is 5. The molecule has 1 aliphatic carbocycles. The number of alkyl halides is 3. The summed E-state index contributed by atoms with van der Waals surface area (Å²) in [5.41, 5.74) is 1.75. The smallest absolute Gasteiger partial charge is 0.267 e. The summed E-state index contributed by atoms with van der Waals surface area (Å²) < 4.78 is 53.6. The standard InChI is InChI=1S/C22H22F3N5O.C7H7F/c1-14-10-18(28-13-27-14)19-11-16(15-6-3-2-4-7-15)21(31)30(29-19)12-20-17(22(23,24)25)8-5-9-26-20;1-6-3-2-4-7(8)5-6/h5,8-11,13,15H,2-4,6-7,12H2,1H3;2-5H,1H3. The van der Waals surface area contributed by atoms with E-state index in [0.717, 1.165) is 54.1 Å². The molecule has 1 aromatic carbocycles. The first-order valence-corrected chi connectivity index (χ1v) is 12.8. The maximum Gasteiger partial charge on any atom is 0.418 e. The van der Waals surface area contributed by atoms with Crippen LogP contribution in [-0.2, 0) is 12.7 Å². The molecule has 3 heterocycles. The second-order valence-corrected chi connectivity index (χ2v) is 9.62.